The molecule has 1 heterocycles. The molecule has 0 spiro atoms. The monoisotopic (exact) mass is 437 g/mol. The van der Waals surface area contributed by atoms with Gasteiger partial charge in [0.25, 0.3) is 0 Å². The Morgan fingerprint density at radius 3 is 2.63 bits per heavy atom. The number of hydrogen-bond acceptors (Lipinski definition) is 3. The highest BCUT2D eigenvalue weighted by atomic mass is 79.9. The number of benzene rings is 2. The molecule has 1 aliphatic heterocycles. The normalized spacial score (nSPS) is 16.9. The largest absolute Gasteiger partial charge is 0.336 e. The number of anilines is 1. The second kappa shape index (κ2) is 7.83. The standard InChI is InChI=1S/C18H14BrF2N3O3/c19-11-5-6-15(14(21)7-11)23-16(25)12-8-22-18(27)24(17(12)26)9-10-3-1-2-4-13(10)20/h1-7,12H,8-9H2,(H,22,27)(H,23,25). The number of nitrogens with zero attached hydrogens (tertiary/aromatic N) is 1. The van der Waals surface area contributed by atoms with E-state index in [0.29, 0.717) is 4.47 Å². The number of hydrogen-bond donors (Lipinski definition) is 2. The van der Waals surface area contributed by atoms with Gasteiger partial charge in [0, 0.05) is 16.6 Å². The van der Waals surface area contributed by atoms with Crippen LogP contribution in [0.1, 0.15) is 5.56 Å². The van der Waals surface area contributed by atoms with E-state index in [9.17, 15) is 23.2 Å². The van der Waals surface area contributed by atoms with E-state index in [2.05, 4.69) is 26.6 Å². The Hall–Kier alpha value is -2.81. The van der Waals surface area contributed by atoms with Crippen LogP contribution in [0, 0.1) is 17.6 Å². The zero-order valence-corrected chi connectivity index (χ0v) is 15.4. The molecule has 140 valence electrons. The summed E-state index contributed by atoms with van der Waals surface area (Å²) in [5, 5.41) is 4.76. The summed E-state index contributed by atoms with van der Waals surface area (Å²) in [5.41, 5.74) is 0.0505. The van der Waals surface area contributed by atoms with Crippen LogP contribution in [-0.4, -0.2) is 29.3 Å². The number of nitrogens with one attached hydrogen (secondary N) is 2. The van der Waals surface area contributed by atoms with Crippen LogP contribution in [-0.2, 0) is 16.1 Å². The zero-order chi connectivity index (χ0) is 19.6. The van der Waals surface area contributed by atoms with Crippen molar-refractivity contribution in [3.05, 3.63) is 64.1 Å². The van der Waals surface area contributed by atoms with Gasteiger partial charge >= 0.3 is 6.03 Å². The van der Waals surface area contributed by atoms with Crippen LogP contribution in [0.5, 0.6) is 0 Å². The lowest BCUT2D eigenvalue weighted by Gasteiger charge is -2.30. The molecule has 6 nitrogen and oxygen atoms in total. The first kappa shape index (κ1) is 19.0. The Morgan fingerprint density at radius 1 is 1.19 bits per heavy atom. The van der Waals surface area contributed by atoms with Crippen molar-refractivity contribution in [2.45, 2.75) is 6.54 Å². The van der Waals surface area contributed by atoms with Crippen molar-refractivity contribution >= 4 is 39.5 Å². The fourth-order valence-corrected chi connectivity index (χ4v) is 2.96. The van der Waals surface area contributed by atoms with Crippen LogP contribution in [0.2, 0.25) is 0 Å². The van der Waals surface area contributed by atoms with Gasteiger partial charge in [-0.3, -0.25) is 14.5 Å². The molecule has 0 radical (unpaired) electrons. The molecule has 0 aliphatic carbocycles. The minimum atomic E-state index is -1.25. The molecular weight excluding hydrogens is 424 g/mol. The van der Waals surface area contributed by atoms with Gasteiger partial charge in [-0.25, -0.2) is 13.6 Å². The Kier molecular flexibility index (Phi) is 5.50. The van der Waals surface area contributed by atoms with Crippen LogP contribution in [0.4, 0.5) is 19.3 Å². The van der Waals surface area contributed by atoms with Crippen molar-refractivity contribution in [1.29, 1.82) is 0 Å². The van der Waals surface area contributed by atoms with Gasteiger partial charge in [-0.05, 0) is 24.3 Å². The van der Waals surface area contributed by atoms with Crippen LogP contribution in [0.3, 0.4) is 0 Å². The second-order valence-electron chi connectivity index (χ2n) is 5.87. The van der Waals surface area contributed by atoms with Crippen LogP contribution in [0.25, 0.3) is 0 Å². The van der Waals surface area contributed by atoms with Crippen LogP contribution in [0.15, 0.2) is 46.9 Å². The molecule has 9 heteroatoms. The zero-order valence-electron chi connectivity index (χ0n) is 13.8. The number of carbonyl (C=O) groups is 3. The lowest BCUT2D eigenvalue weighted by atomic mass is 10.0. The Labute approximate surface area is 161 Å². The maximum atomic E-state index is 13.9. The number of rotatable bonds is 4. The van der Waals surface area contributed by atoms with E-state index >= 15 is 0 Å². The maximum absolute atomic E-state index is 13.9. The molecule has 2 aromatic rings. The van der Waals surface area contributed by atoms with E-state index in [1.807, 2.05) is 0 Å². The fourth-order valence-electron chi connectivity index (χ4n) is 2.62. The van der Waals surface area contributed by atoms with Gasteiger partial charge in [0.05, 0.1) is 12.2 Å². The first-order valence-corrected chi connectivity index (χ1v) is 8.74. The molecule has 27 heavy (non-hydrogen) atoms. The molecule has 1 atom stereocenters. The number of amides is 4. The third-order valence-corrected chi connectivity index (χ3v) is 4.55. The summed E-state index contributed by atoms with van der Waals surface area (Å²) in [5.74, 6) is -4.04. The van der Waals surface area contributed by atoms with Gasteiger partial charge < -0.3 is 10.6 Å². The number of carbonyl (C=O) groups excluding carboxylic acids is 3. The van der Waals surface area contributed by atoms with Gasteiger partial charge in [0.1, 0.15) is 17.6 Å². The van der Waals surface area contributed by atoms with Gasteiger partial charge in [-0.15, -0.1) is 0 Å². The first-order chi connectivity index (χ1) is 12.9. The molecule has 2 N–H and O–H groups in total. The van der Waals surface area contributed by atoms with Crippen LogP contribution < -0.4 is 10.6 Å². The summed E-state index contributed by atoms with van der Waals surface area (Å²) in [6, 6.07) is 9.05. The van der Waals surface area contributed by atoms with Gasteiger partial charge in [0.15, 0.2) is 0 Å². The predicted molar refractivity (Wildman–Crippen MR) is 96.6 cm³/mol. The highest BCUT2D eigenvalue weighted by Crippen LogP contribution is 2.21. The van der Waals surface area contributed by atoms with E-state index < -0.39 is 35.4 Å². The molecule has 4 amide bonds. The molecular formula is C18H14BrF2N3O3. The number of urea groups is 1. The molecule has 0 saturated carbocycles. The minimum absolute atomic E-state index is 0.0893. The van der Waals surface area contributed by atoms with Crippen molar-refractivity contribution in [3.63, 3.8) is 0 Å². The average molecular weight is 438 g/mol. The predicted octanol–water partition coefficient (Wildman–Crippen LogP) is 3.03. The third-order valence-electron chi connectivity index (χ3n) is 4.06. The molecule has 1 unspecified atom stereocenters. The summed E-state index contributed by atoms with van der Waals surface area (Å²) < 4.78 is 28.2. The summed E-state index contributed by atoms with van der Waals surface area (Å²) in [6.07, 6.45) is 0. The van der Waals surface area contributed by atoms with Gasteiger partial charge in [-0.1, -0.05) is 34.1 Å². The minimum Gasteiger partial charge on any atom is -0.336 e. The highest BCUT2D eigenvalue weighted by Gasteiger charge is 2.39. The van der Waals surface area contributed by atoms with E-state index in [4.69, 9.17) is 0 Å². The van der Waals surface area contributed by atoms with Crippen molar-refractivity contribution < 1.29 is 23.2 Å². The first-order valence-electron chi connectivity index (χ1n) is 7.95. The van der Waals surface area contributed by atoms with Crippen molar-refractivity contribution in [2.24, 2.45) is 5.92 Å². The lowest BCUT2D eigenvalue weighted by molar-refractivity contribution is -0.139. The van der Waals surface area contributed by atoms with Crippen LogP contribution >= 0.6 is 15.9 Å². The molecule has 1 aliphatic rings. The molecule has 1 saturated heterocycles. The molecule has 0 aromatic heterocycles. The van der Waals surface area contributed by atoms with Crippen molar-refractivity contribution in [2.75, 3.05) is 11.9 Å². The van der Waals surface area contributed by atoms with Crippen molar-refractivity contribution in [1.82, 2.24) is 10.2 Å². The Bertz CT molecular complexity index is 922. The average Bonchev–Trinajstić information content (AvgIpc) is 2.62. The Balaban J connectivity index is 1.76. The van der Waals surface area contributed by atoms with E-state index in [-0.39, 0.29) is 24.3 Å². The lowest BCUT2D eigenvalue weighted by Crippen LogP contribution is -2.57. The molecule has 1 fully saturated rings. The summed E-state index contributed by atoms with van der Waals surface area (Å²) in [4.78, 5) is 37.8. The topological polar surface area (TPSA) is 78.5 Å². The number of halogens is 3. The van der Waals surface area contributed by atoms with Gasteiger partial charge in [0.2, 0.25) is 11.8 Å². The second-order valence-corrected chi connectivity index (χ2v) is 6.78. The summed E-state index contributed by atoms with van der Waals surface area (Å²) in [7, 11) is 0. The molecule has 0 bridgehead atoms. The Morgan fingerprint density at radius 2 is 1.93 bits per heavy atom. The van der Waals surface area contributed by atoms with E-state index in [1.54, 1.807) is 6.07 Å². The third kappa shape index (κ3) is 4.13. The number of imide groups is 1. The van der Waals surface area contributed by atoms with Crippen molar-refractivity contribution in [3.8, 4) is 0 Å². The molecule has 2 aromatic carbocycles. The smallest absolute Gasteiger partial charge is 0.324 e. The highest BCUT2D eigenvalue weighted by molar-refractivity contribution is 9.10. The van der Waals surface area contributed by atoms with E-state index in [0.717, 1.165) is 4.90 Å². The maximum Gasteiger partial charge on any atom is 0.324 e. The quantitative estimate of drug-likeness (QED) is 0.721. The summed E-state index contributed by atoms with van der Waals surface area (Å²) in [6.45, 7) is -0.539. The van der Waals surface area contributed by atoms with E-state index in [1.165, 1.54) is 36.4 Å². The fraction of sp³-hybridized carbons (Fsp3) is 0.167. The van der Waals surface area contributed by atoms with Gasteiger partial charge in [-0.2, -0.15) is 0 Å². The summed E-state index contributed by atoms with van der Waals surface area (Å²) >= 11 is 3.11. The SMILES string of the molecule is O=C(Nc1ccc(Br)cc1F)C1CNC(=O)N(Cc2ccccc2F)C1=O. The molecule has 3 rings (SSSR count).